The molecule has 2 aromatic heterocycles. The van der Waals surface area contributed by atoms with E-state index >= 15 is 0 Å². The number of fused-ring (bicyclic) bond motifs is 1. The number of aromatic nitrogens is 2. The molecule has 1 aliphatic heterocycles. The number of rotatable bonds is 2. The first-order chi connectivity index (χ1) is 10.2. The molecule has 0 spiro atoms. The summed E-state index contributed by atoms with van der Waals surface area (Å²) < 4.78 is 11.0. The topological polar surface area (TPSA) is 72.4 Å². The van der Waals surface area contributed by atoms with Crippen LogP contribution in [0.2, 0.25) is 0 Å². The second-order valence-electron chi connectivity index (χ2n) is 5.28. The Balaban J connectivity index is 1.66. The van der Waals surface area contributed by atoms with Crippen molar-refractivity contribution in [2.24, 2.45) is 0 Å². The molecule has 4 rings (SSSR count). The Morgan fingerprint density at radius 2 is 2.19 bits per heavy atom. The van der Waals surface area contributed by atoms with Crippen molar-refractivity contribution in [3.05, 3.63) is 36.2 Å². The number of furan rings is 1. The smallest absolute Gasteiger partial charge is 0.238 e. The highest BCUT2D eigenvalue weighted by atomic mass is 16.5. The van der Waals surface area contributed by atoms with Crippen LogP contribution in [0.15, 0.2) is 39.3 Å². The molecule has 1 aliphatic rings. The van der Waals surface area contributed by atoms with Crippen molar-refractivity contribution in [2.75, 3.05) is 13.6 Å². The number of nitrogens with zero attached hydrogens (tertiary/aromatic N) is 3. The molecule has 21 heavy (non-hydrogen) atoms. The zero-order chi connectivity index (χ0) is 14.4. The number of carbonyl (C=O) groups is 1. The Hall–Kier alpha value is -2.63. The second kappa shape index (κ2) is 4.44. The SMILES string of the molecule is CN1C[C@@H](c2nc(-c3cc4ccccc4o3)no2)CC1=O. The molecule has 0 aliphatic carbocycles. The zero-order valence-electron chi connectivity index (χ0n) is 11.4. The number of benzene rings is 1. The third-order valence-corrected chi connectivity index (χ3v) is 3.78. The van der Waals surface area contributed by atoms with E-state index in [0.29, 0.717) is 30.4 Å². The van der Waals surface area contributed by atoms with Gasteiger partial charge in [0.25, 0.3) is 0 Å². The standard InChI is InChI=1S/C15H13N3O3/c1-18-8-10(7-13(18)19)15-16-14(17-21-15)12-6-9-4-2-3-5-11(9)20-12/h2-6,10H,7-8H2,1H3/t10-/m0/s1. The molecule has 1 saturated heterocycles. The fourth-order valence-corrected chi connectivity index (χ4v) is 2.62. The van der Waals surface area contributed by atoms with Crippen molar-refractivity contribution in [1.82, 2.24) is 15.0 Å². The maximum atomic E-state index is 11.6. The van der Waals surface area contributed by atoms with Gasteiger partial charge in [-0.3, -0.25) is 4.79 Å². The molecule has 1 atom stereocenters. The van der Waals surface area contributed by atoms with Crippen LogP contribution in [-0.4, -0.2) is 34.5 Å². The summed E-state index contributed by atoms with van der Waals surface area (Å²) in [7, 11) is 1.78. The molecule has 1 amide bonds. The van der Waals surface area contributed by atoms with Gasteiger partial charge in [-0.1, -0.05) is 23.4 Å². The third-order valence-electron chi connectivity index (χ3n) is 3.78. The average Bonchev–Trinajstić information content (AvgIpc) is 3.17. The fraction of sp³-hybridized carbons (Fsp3) is 0.267. The van der Waals surface area contributed by atoms with E-state index in [-0.39, 0.29) is 11.8 Å². The Morgan fingerprint density at radius 3 is 2.95 bits per heavy atom. The highest BCUT2D eigenvalue weighted by Crippen LogP contribution is 2.30. The van der Waals surface area contributed by atoms with Gasteiger partial charge in [-0.2, -0.15) is 4.98 Å². The Bertz CT molecular complexity index is 787. The molecule has 0 N–H and O–H groups in total. The zero-order valence-corrected chi connectivity index (χ0v) is 11.4. The lowest BCUT2D eigenvalue weighted by Gasteiger charge is -2.05. The van der Waals surface area contributed by atoms with Crippen LogP contribution < -0.4 is 0 Å². The molecule has 6 nitrogen and oxygen atoms in total. The molecule has 3 aromatic rings. The van der Waals surface area contributed by atoms with Crippen LogP contribution in [0.4, 0.5) is 0 Å². The van der Waals surface area contributed by atoms with Crippen molar-refractivity contribution < 1.29 is 13.7 Å². The third kappa shape index (κ3) is 1.99. The van der Waals surface area contributed by atoms with Crippen LogP contribution in [0.3, 0.4) is 0 Å². The normalized spacial score (nSPS) is 18.8. The van der Waals surface area contributed by atoms with Crippen molar-refractivity contribution >= 4 is 16.9 Å². The number of hydrogen-bond donors (Lipinski definition) is 0. The van der Waals surface area contributed by atoms with Gasteiger partial charge in [0.1, 0.15) is 5.58 Å². The monoisotopic (exact) mass is 283 g/mol. The number of likely N-dealkylation sites (tertiary alicyclic amines) is 1. The van der Waals surface area contributed by atoms with Crippen LogP contribution in [0.25, 0.3) is 22.6 Å². The minimum atomic E-state index is -0.0341. The quantitative estimate of drug-likeness (QED) is 0.722. The lowest BCUT2D eigenvalue weighted by Crippen LogP contribution is -2.18. The number of amides is 1. The van der Waals surface area contributed by atoms with Crippen LogP contribution in [0.5, 0.6) is 0 Å². The first-order valence-electron chi connectivity index (χ1n) is 6.77. The maximum absolute atomic E-state index is 11.6. The van der Waals surface area contributed by atoms with Gasteiger partial charge in [-0.25, -0.2) is 0 Å². The van der Waals surface area contributed by atoms with E-state index in [2.05, 4.69) is 10.1 Å². The van der Waals surface area contributed by atoms with E-state index in [0.717, 1.165) is 11.0 Å². The predicted molar refractivity (Wildman–Crippen MR) is 74.5 cm³/mol. The number of likely N-dealkylation sites (N-methyl/N-ethyl adjacent to an activating group) is 1. The van der Waals surface area contributed by atoms with Crippen molar-refractivity contribution in [2.45, 2.75) is 12.3 Å². The Morgan fingerprint density at radius 1 is 1.33 bits per heavy atom. The average molecular weight is 283 g/mol. The number of carbonyl (C=O) groups excluding carboxylic acids is 1. The van der Waals surface area contributed by atoms with Gasteiger partial charge in [-0.15, -0.1) is 0 Å². The number of hydrogen-bond acceptors (Lipinski definition) is 5. The molecule has 1 fully saturated rings. The molecule has 0 radical (unpaired) electrons. The lowest BCUT2D eigenvalue weighted by atomic mass is 10.1. The summed E-state index contributed by atoms with van der Waals surface area (Å²) in [5, 5.41) is 4.96. The minimum absolute atomic E-state index is 0.0341. The second-order valence-corrected chi connectivity index (χ2v) is 5.28. The molecular weight excluding hydrogens is 270 g/mol. The summed E-state index contributed by atoms with van der Waals surface area (Å²) in [5.74, 6) is 1.55. The molecule has 3 heterocycles. The molecule has 0 saturated carbocycles. The first-order valence-corrected chi connectivity index (χ1v) is 6.77. The maximum Gasteiger partial charge on any atom is 0.238 e. The van der Waals surface area contributed by atoms with E-state index in [4.69, 9.17) is 8.94 Å². The lowest BCUT2D eigenvalue weighted by molar-refractivity contribution is -0.126. The van der Waals surface area contributed by atoms with Crippen molar-refractivity contribution in [1.29, 1.82) is 0 Å². The summed E-state index contributed by atoms with van der Waals surface area (Å²) in [6.07, 6.45) is 0.415. The highest BCUT2D eigenvalue weighted by Gasteiger charge is 2.32. The van der Waals surface area contributed by atoms with Gasteiger partial charge < -0.3 is 13.8 Å². The molecular formula is C15H13N3O3. The van der Waals surface area contributed by atoms with E-state index in [9.17, 15) is 4.79 Å². The van der Waals surface area contributed by atoms with Crippen LogP contribution in [0.1, 0.15) is 18.2 Å². The molecule has 0 unspecified atom stereocenters. The Kier molecular flexibility index (Phi) is 2.57. The van der Waals surface area contributed by atoms with Crippen molar-refractivity contribution in [3.63, 3.8) is 0 Å². The van der Waals surface area contributed by atoms with Crippen LogP contribution in [0, 0.1) is 0 Å². The molecule has 106 valence electrons. The van der Waals surface area contributed by atoms with Gasteiger partial charge in [0.05, 0.1) is 5.92 Å². The molecule has 1 aromatic carbocycles. The van der Waals surface area contributed by atoms with Gasteiger partial charge in [0, 0.05) is 25.4 Å². The molecule has 0 bridgehead atoms. The largest absolute Gasteiger partial charge is 0.453 e. The predicted octanol–water partition coefficient (Wildman–Crippen LogP) is 2.43. The highest BCUT2D eigenvalue weighted by molar-refractivity contribution is 5.81. The molecule has 6 heteroatoms. The van der Waals surface area contributed by atoms with Crippen LogP contribution >= 0.6 is 0 Å². The van der Waals surface area contributed by atoms with Gasteiger partial charge in [-0.05, 0) is 12.1 Å². The van der Waals surface area contributed by atoms with Gasteiger partial charge in [0.2, 0.25) is 17.6 Å². The van der Waals surface area contributed by atoms with E-state index < -0.39 is 0 Å². The summed E-state index contributed by atoms with van der Waals surface area (Å²) >= 11 is 0. The number of para-hydroxylation sites is 1. The van der Waals surface area contributed by atoms with E-state index in [1.165, 1.54) is 0 Å². The van der Waals surface area contributed by atoms with E-state index in [1.807, 2.05) is 30.3 Å². The van der Waals surface area contributed by atoms with Crippen molar-refractivity contribution in [3.8, 4) is 11.6 Å². The Labute approximate surface area is 120 Å². The summed E-state index contributed by atoms with van der Waals surface area (Å²) in [4.78, 5) is 17.6. The van der Waals surface area contributed by atoms with Gasteiger partial charge in [0.15, 0.2) is 5.76 Å². The minimum Gasteiger partial charge on any atom is -0.453 e. The van der Waals surface area contributed by atoms with Crippen LogP contribution in [-0.2, 0) is 4.79 Å². The first kappa shape index (κ1) is 12.1. The summed E-state index contributed by atoms with van der Waals surface area (Å²) in [6, 6.07) is 9.61. The fourth-order valence-electron chi connectivity index (χ4n) is 2.62. The summed E-state index contributed by atoms with van der Waals surface area (Å²) in [5.41, 5.74) is 0.787. The van der Waals surface area contributed by atoms with Gasteiger partial charge >= 0.3 is 0 Å². The van der Waals surface area contributed by atoms with E-state index in [1.54, 1.807) is 11.9 Å². The summed E-state index contributed by atoms with van der Waals surface area (Å²) in [6.45, 7) is 0.612.